The van der Waals surface area contributed by atoms with Crippen LogP contribution in [-0.2, 0) is 6.54 Å². The number of benzene rings is 2. The van der Waals surface area contributed by atoms with Crippen LogP contribution in [0.5, 0.6) is 5.75 Å². The summed E-state index contributed by atoms with van der Waals surface area (Å²) in [6.45, 7) is 7.14. The van der Waals surface area contributed by atoms with Crippen molar-refractivity contribution in [2.24, 2.45) is 0 Å². The van der Waals surface area contributed by atoms with Crippen molar-refractivity contribution >= 4 is 15.9 Å². The SMILES string of the molecule is C=CCOc1ccccc1CN[C@@H](C)c1ccc(Br)cc1. The van der Waals surface area contributed by atoms with Crippen molar-refractivity contribution in [3.05, 3.63) is 76.8 Å². The summed E-state index contributed by atoms with van der Waals surface area (Å²) in [6.07, 6.45) is 1.76. The summed E-state index contributed by atoms with van der Waals surface area (Å²) in [5, 5.41) is 3.53. The molecule has 0 aliphatic rings. The highest BCUT2D eigenvalue weighted by Gasteiger charge is 2.07. The van der Waals surface area contributed by atoms with Gasteiger partial charge in [-0.25, -0.2) is 0 Å². The average Bonchev–Trinajstić information content (AvgIpc) is 2.52. The Morgan fingerprint density at radius 1 is 1.19 bits per heavy atom. The van der Waals surface area contributed by atoms with E-state index >= 15 is 0 Å². The largest absolute Gasteiger partial charge is 0.489 e. The topological polar surface area (TPSA) is 21.3 Å². The molecule has 0 radical (unpaired) electrons. The summed E-state index contributed by atoms with van der Waals surface area (Å²) >= 11 is 3.46. The Morgan fingerprint density at radius 2 is 1.90 bits per heavy atom. The molecule has 0 amide bonds. The molecular formula is C18H20BrNO. The Morgan fingerprint density at radius 3 is 2.62 bits per heavy atom. The number of halogens is 1. The molecular weight excluding hydrogens is 326 g/mol. The van der Waals surface area contributed by atoms with Gasteiger partial charge in [0, 0.05) is 22.6 Å². The maximum atomic E-state index is 5.68. The molecule has 0 fully saturated rings. The van der Waals surface area contributed by atoms with E-state index in [2.05, 4.69) is 65.1 Å². The molecule has 0 saturated carbocycles. The van der Waals surface area contributed by atoms with Gasteiger partial charge >= 0.3 is 0 Å². The van der Waals surface area contributed by atoms with Crippen molar-refractivity contribution in [3.63, 3.8) is 0 Å². The molecule has 3 heteroatoms. The van der Waals surface area contributed by atoms with Gasteiger partial charge in [-0.15, -0.1) is 0 Å². The number of para-hydroxylation sites is 1. The van der Waals surface area contributed by atoms with E-state index in [1.807, 2.05) is 18.2 Å². The molecule has 0 aliphatic carbocycles. The molecule has 0 heterocycles. The lowest BCUT2D eigenvalue weighted by atomic mass is 10.1. The lowest BCUT2D eigenvalue weighted by molar-refractivity contribution is 0.357. The van der Waals surface area contributed by atoms with Gasteiger partial charge in [0.05, 0.1) is 0 Å². The first kappa shape index (κ1) is 15.8. The van der Waals surface area contributed by atoms with Crippen LogP contribution in [0.1, 0.15) is 24.1 Å². The minimum atomic E-state index is 0.283. The Bertz CT molecular complexity index is 580. The number of hydrogen-bond acceptors (Lipinski definition) is 2. The molecule has 2 aromatic carbocycles. The molecule has 110 valence electrons. The quantitative estimate of drug-likeness (QED) is 0.723. The third-order valence-corrected chi connectivity index (χ3v) is 3.83. The van der Waals surface area contributed by atoms with Crippen molar-refractivity contribution < 1.29 is 4.74 Å². The van der Waals surface area contributed by atoms with E-state index in [9.17, 15) is 0 Å². The van der Waals surface area contributed by atoms with Crippen LogP contribution in [0.3, 0.4) is 0 Å². The first-order valence-corrected chi connectivity index (χ1v) is 7.80. The standard InChI is InChI=1S/C18H20BrNO/c1-3-12-21-18-7-5-4-6-16(18)13-20-14(2)15-8-10-17(19)11-9-15/h3-11,14,20H,1,12-13H2,2H3/t14-/m0/s1. The molecule has 1 N–H and O–H groups in total. The van der Waals surface area contributed by atoms with E-state index in [1.165, 1.54) is 5.56 Å². The van der Waals surface area contributed by atoms with Gasteiger partial charge in [-0.05, 0) is 30.7 Å². The number of ether oxygens (including phenoxy) is 1. The molecule has 0 spiro atoms. The van der Waals surface area contributed by atoms with Crippen LogP contribution in [0.15, 0.2) is 65.7 Å². The van der Waals surface area contributed by atoms with Crippen molar-refractivity contribution in [2.75, 3.05) is 6.61 Å². The molecule has 1 atom stereocenters. The van der Waals surface area contributed by atoms with Crippen LogP contribution in [0, 0.1) is 0 Å². The fourth-order valence-corrected chi connectivity index (χ4v) is 2.34. The number of hydrogen-bond donors (Lipinski definition) is 1. The van der Waals surface area contributed by atoms with Gasteiger partial charge in [-0.1, -0.05) is 58.9 Å². The fraction of sp³-hybridized carbons (Fsp3) is 0.222. The van der Waals surface area contributed by atoms with E-state index in [4.69, 9.17) is 4.74 Å². The smallest absolute Gasteiger partial charge is 0.124 e. The molecule has 2 rings (SSSR count). The van der Waals surface area contributed by atoms with Gasteiger partial charge in [0.25, 0.3) is 0 Å². The van der Waals surface area contributed by atoms with Gasteiger partial charge < -0.3 is 10.1 Å². The highest BCUT2D eigenvalue weighted by atomic mass is 79.9. The summed E-state index contributed by atoms with van der Waals surface area (Å²) in [6, 6.07) is 16.8. The Balaban J connectivity index is 1.99. The molecule has 0 saturated heterocycles. The van der Waals surface area contributed by atoms with E-state index < -0.39 is 0 Å². The zero-order chi connectivity index (χ0) is 15.1. The van der Waals surface area contributed by atoms with E-state index in [-0.39, 0.29) is 6.04 Å². The molecule has 2 nitrogen and oxygen atoms in total. The summed E-state index contributed by atoms with van der Waals surface area (Å²) < 4.78 is 6.77. The predicted molar refractivity (Wildman–Crippen MR) is 91.5 cm³/mol. The Labute approximate surface area is 135 Å². The second-order valence-corrected chi connectivity index (χ2v) is 5.78. The second-order valence-electron chi connectivity index (χ2n) is 4.86. The zero-order valence-electron chi connectivity index (χ0n) is 12.2. The first-order chi connectivity index (χ1) is 10.2. The van der Waals surface area contributed by atoms with Crippen LogP contribution < -0.4 is 10.1 Å². The van der Waals surface area contributed by atoms with Crippen LogP contribution in [0.2, 0.25) is 0 Å². The third kappa shape index (κ3) is 4.73. The van der Waals surface area contributed by atoms with Gasteiger partial charge in [-0.3, -0.25) is 0 Å². The zero-order valence-corrected chi connectivity index (χ0v) is 13.8. The van der Waals surface area contributed by atoms with E-state index in [0.717, 1.165) is 22.3 Å². The minimum Gasteiger partial charge on any atom is -0.489 e. The molecule has 0 unspecified atom stereocenters. The first-order valence-electron chi connectivity index (χ1n) is 7.01. The van der Waals surface area contributed by atoms with Crippen molar-refractivity contribution in [1.82, 2.24) is 5.32 Å². The van der Waals surface area contributed by atoms with E-state index in [1.54, 1.807) is 6.08 Å². The normalized spacial score (nSPS) is 11.9. The van der Waals surface area contributed by atoms with Crippen LogP contribution >= 0.6 is 15.9 Å². The van der Waals surface area contributed by atoms with Crippen LogP contribution in [0.25, 0.3) is 0 Å². The van der Waals surface area contributed by atoms with Gasteiger partial charge in [0.1, 0.15) is 12.4 Å². The third-order valence-electron chi connectivity index (χ3n) is 3.30. The second kappa shape index (κ2) is 8.01. The van der Waals surface area contributed by atoms with Gasteiger partial charge in [-0.2, -0.15) is 0 Å². The average molecular weight is 346 g/mol. The highest BCUT2D eigenvalue weighted by Crippen LogP contribution is 2.20. The predicted octanol–water partition coefficient (Wildman–Crippen LogP) is 4.86. The monoisotopic (exact) mass is 345 g/mol. The molecule has 0 aliphatic heterocycles. The lowest BCUT2D eigenvalue weighted by Crippen LogP contribution is -2.18. The molecule has 0 aromatic heterocycles. The molecule has 21 heavy (non-hydrogen) atoms. The summed E-state index contributed by atoms with van der Waals surface area (Å²) in [4.78, 5) is 0. The Hall–Kier alpha value is -1.58. The summed E-state index contributed by atoms with van der Waals surface area (Å²) in [5.41, 5.74) is 2.42. The Kier molecular flexibility index (Phi) is 6.03. The van der Waals surface area contributed by atoms with Gasteiger partial charge in [0.2, 0.25) is 0 Å². The fourth-order valence-electron chi connectivity index (χ4n) is 2.07. The van der Waals surface area contributed by atoms with Crippen LogP contribution in [-0.4, -0.2) is 6.61 Å². The number of rotatable bonds is 7. The van der Waals surface area contributed by atoms with Crippen LogP contribution in [0.4, 0.5) is 0 Å². The van der Waals surface area contributed by atoms with Gasteiger partial charge in [0.15, 0.2) is 0 Å². The van der Waals surface area contributed by atoms with Crippen molar-refractivity contribution in [2.45, 2.75) is 19.5 Å². The lowest BCUT2D eigenvalue weighted by Gasteiger charge is -2.16. The highest BCUT2D eigenvalue weighted by molar-refractivity contribution is 9.10. The maximum Gasteiger partial charge on any atom is 0.124 e. The molecule has 0 bridgehead atoms. The number of nitrogens with one attached hydrogen (secondary N) is 1. The maximum absolute atomic E-state index is 5.68. The summed E-state index contributed by atoms with van der Waals surface area (Å²) in [7, 11) is 0. The molecule has 2 aromatic rings. The van der Waals surface area contributed by atoms with E-state index in [0.29, 0.717) is 6.61 Å². The summed E-state index contributed by atoms with van der Waals surface area (Å²) in [5.74, 6) is 0.910. The minimum absolute atomic E-state index is 0.283. The van der Waals surface area contributed by atoms with Crippen molar-refractivity contribution in [3.8, 4) is 5.75 Å². The van der Waals surface area contributed by atoms with Crippen molar-refractivity contribution in [1.29, 1.82) is 0 Å².